The normalized spacial score (nSPS) is 26.8. The van der Waals surface area contributed by atoms with Crippen LogP contribution in [0, 0.1) is 5.82 Å². The maximum absolute atomic E-state index is 15.3. The van der Waals surface area contributed by atoms with Gasteiger partial charge in [0, 0.05) is 11.6 Å². The second-order valence-corrected chi connectivity index (χ2v) is 10.4. The van der Waals surface area contributed by atoms with E-state index >= 15 is 4.39 Å². The molecule has 8 nitrogen and oxygen atoms in total. The quantitative estimate of drug-likeness (QED) is 0.493. The van der Waals surface area contributed by atoms with Crippen LogP contribution in [0.15, 0.2) is 18.3 Å². The summed E-state index contributed by atoms with van der Waals surface area (Å²) in [5, 5.41) is 13.8. The number of alkyl halides is 2. The fourth-order valence-electron chi connectivity index (χ4n) is 5.17. The van der Waals surface area contributed by atoms with Crippen molar-refractivity contribution in [3.05, 3.63) is 35.0 Å². The monoisotopic (exact) mass is 523 g/mol. The van der Waals surface area contributed by atoms with Gasteiger partial charge >= 0.3 is 0 Å². The van der Waals surface area contributed by atoms with Crippen molar-refractivity contribution < 1.29 is 27.8 Å². The Labute approximate surface area is 209 Å². The number of imidazole rings is 1. The van der Waals surface area contributed by atoms with Gasteiger partial charge in [0.05, 0.1) is 46.6 Å². The highest BCUT2D eigenvalue weighted by molar-refractivity contribution is 6.33. The number of aliphatic hydroxyl groups is 1. The molecule has 1 aliphatic carbocycles. The van der Waals surface area contributed by atoms with Crippen molar-refractivity contribution in [3.8, 4) is 11.3 Å². The molecule has 36 heavy (non-hydrogen) atoms. The molecule has 3 fully saturated rings. The van der Waals surface area contributed by atoms with E-state index in [1.165, 1.54) is 12.3 Å². The molecule has 0 amide bonds. The Morgan fingerprint density at radius 3 is 2.72 bits per heavy atom. The summed E-state index contributed by atoms with van der Waals surface area (Å²) in [4.78, 5) is 13.1. The van der Waals surface area contributed by atoms with Crippen LogP contribution in [0.4, 0.5) is 19.1 Å². The molecule has 3 aliphatic rings. The van der Waals surface area contributed by atoms with Crippen molar-refractivity contribution >= 4 is 28.6 Å². The molecule has 12 heteroatoms. The van der Waals surface area contributed by atoms with Gasteiger partial charge in [0.1, 0.15) is 17.4 Å². The van der Waals surface area contributed by atoms with E-state index in [1.54, 1.807) is 10.6 Å². The third-order valence-corrected chi connectivity index (χ3v) is 7.51. The predicted molar refractivity (Wildman–Crippen MR) is 126 cm³/mol. The number of hydrogen-bond acceptors (Lipinski definition) is 7. The number of hydrogen-bond donors (Lipinski definition) is 2. The van der Waals surface area contributed by atoms with Crippen LogP contribution >= 0.6 is 11.6 Å². The lowest BCUT2D eigenvalue weighted by atomic mass is 10.0. The van der Waals surface area contributed by atoms with Gasteiger partial charge in [-0.25, -0.2) is 28.1 Å². The Balaban J connectivity index is 1.40. The van der Waals surface area contributed by atoms with E-state index < -0.39 is 36.1 Å². The van der Waals surface area contributed by atoms with E-state index in [0.29, 0.717) is 36.9 Å². The number of rotatable bonds is 6. The van der Waals surface area contributed by atoms with E-state index in [4.69, 9.17) is 21.1 Å². The summed E-state index contributed by atoms with van der Waals surface area (Å²) < 4.78 is 55.8. The average molecular weight is 524 g/mol. The largest absolute Gasteiger partial charge is 0.386 e. The van der Waals surface area contributed by atoms with Gasteiger partial charge < -0.3 is 24.5 Å². The Hall–Kier alpha value is -2.47. The lowest BCUT2D eigenvalue weighted by Crippen LogP contribution is -2.48. The smallest absolute Gasteiger partial charge is 0.251 e. The van der Waals surface area contributed by atoms with Crippen molar-refractivity contribution in [2.45, 2.75) is 75.5 Å². The number of halogens is 4. The van der Waals surface area contributed by atoms with Crippen LogP contribution in [-0.4, -0.2) is 62.2 Å². The van der Waals surface area contributed by atoms with Crippen LogP contribution in [0.25, 0.3) is 22.3 Å². The number of ether oxygens (including phenoxy) is 2. The number of nitrogens with one attached hydrogen (secondary N) is 1. The lowest BCUT2D eigenvalue weighted by Gasteiger charge is -2.32. The fourth-order valence-corrected chi connectivity index (χ4v) is 5.37. The predicted octanol–water partition coefficient (Wildman–Crippen LogP) is 4.45. The first-order valence-corrected chi connectivity index (χ1v) is 12.3. The Bertz CT molecular complexity index is 1330. The molecular weight excluding hydrogens is 499 g/mol. The van der Waals surface area contributed by atoms with Crippen LogP contribution in [0.5, 0.6) is 0 Å². The molecule has 6 rings (SSSR count). The molecule has 2 aliphatic heterocycles. The molecule has 1 aromatic carbocycles. The van der Waals surface area contributed by atoms with Crippen molar-refractivity contribution in [2.24, 2.45) is 0 Å². The molecule has 0 spiro atoms. The summed E-state index contributed by atoms with van der Waals surface area (Å²) in [7, 11) is 0. The topological polar surface area (TPSA) is 94.3 Å². The van der Waals surface area contributed by atoms with Crippen LogP contribution in [0.2, 0.25) is 5.02 Å². The number of benzene rings is 1. The van der Waals surface area contributed by atoms with Gasteiger partial charge in [0.2, 0.25) is 5.95 Å². The van der Waals surface area contributed by atoms with Gasteiger partial charge in [-0.1, -0.05) is 11.6 Å². The highest BCUT2D eigenvalue weighted by atomic mass is 35.5. The first kappa shape index (κ1) is 23.9. The zero-order chi connectivity index (χ0) is 25.4. The maximum atomic E-state index is 15.3. The molecule has 192 valence electrons. The molecule has 2 aromatic heterocycles. The molecule has 3 aromatic rings. The summed E-state index contributed by atoms with van der Waals surface area (Å²) in [6.45, 7) is 4.11. The summed E-state index contributed by atoms with van der Waals surface area (Å²) in [5.41, 5.74) is -0.267. The molecular formula is C24H25ClF3N5O3. The Morgan fingerprint density at radius 1 is 1.25 bits per heavy atom. The summed E-state index contributed by atoms with van der Waals surface area (Å²) in [6.07, 6.45) is -1.82. The summed E-state index contributed by atoms with van der Waals surface area (Å²) >= 11 is 6.41. The minimum Gasteiger partial charge on any atom is -0.386 e. The minimum atomic E-state index is -2.58. The van der Waals surface area contributed by atoms with E-state index in [1.807, 2.05) is 13.8 Å². The van der Waals surface area contributed by atoms with Crippen LogP contribution < -0.4 is 5.32 Å². The zero-order valence-electron chi connectivity index (χ0n) is 19.6. The third-order valence-electron chi connectivity index (χ3n) is 7.23. The van der Waals surface area contributed by atoms with Gasteiger partial charge in [0.25, 0.3) is 6.43 Å². The van der Waals surface area contributed by atoms with Gasteiger partial charge in [-0.2, -0.15) is 0 Å². The van der Waals surface area contributed by atoms with E-state index in [2.05, 4.69) is 20.3 Å². The standard InChI is InChI=1S/C24H25ClF3N5O3/c1-10(2)33-16-6-11(5-14(26)18(16)31-22(33)24(3-4-24)21(27)28)17-13(25)8-29-23(32-17)30-15-7-12-9-35-20(36-12)19(15)34/h5-6,8,10,12,15,19-21,34H,3-4,7,9H2,1-2H3,(H,29,30,32)/t12-,15+,19-,20+/m0/s1. The van der Waals surface area contributed by atoms with E-state index in [0.717, 1.165) is 0 Å². The lowest BCUT2D eigenvalue weighted by molar-refractivity contribution is -0.156. The Kier molecular flexibility index (Phi) is 5.67. The number of aromatic nitrogens is 4. The molecule has 2 N–H and O–H groups in total. The van der Waals surface area contributed by atoms with Crippen molar-refractivity contribution in [1.82, 2.24) is 19.5 Å². The first-order chi connectivity index (χ1) is 17.2. The van der Waals surface area contributed by atoms with Crippen LogP contribution in [0.3, 0.4) is 0 Å². The highest BCUT2D eigenvalue weighted by Crippen LogP contribution is 2.53. The number of aliphatic hydroxyl groups excluding tert-OH is 1. The maximum Gasteiger partial charge on any atom is 0.251 e. The first-order valence-electron chi connectivity index (χ1n) is 11.9. The van der Waals surface area contributed by atoms with Gasteiger partial charge in [-0.15, -0.1) is 0 Å². The molecule has 4 heterocycles. The van der Waals surface area contributed by atoms with Gasteiger partial charge in [-0.3, -0.25) is 0 Å². The molecule has 1 saturated carbocycles. The van der Waals surface area contributed by atoms with Crippen molar-refractivity contribution in [2.75, 3.05) is 11.9 Å². The number of anilines is 1. The average Bonchev–Trinajstić information content (AvgIpc) is 3.40. The SMILES string of the molecule is CC(C)n1c(C2(C(F)F)CC2)nc2c(F)cc(-c3nc(N[C@@H]4C[C@H]5CO[C@H](O5)[C@H]4O)ncc3Cl)cc21. The number of nitrogens with zero attached hydrogens (tertiary/aromatic N) is 4. The molecule has 0 unspecified atom stereocenters. The minimum absolute atomic E-state index is 0.0405. The van der Waals surface area contributed by atoms with E-state index in [-0.39, 0.29) is 40.2 Å². The van der Waals surface area contributed by atoms with Crippen LogP contribution in [0.1, 0.15) is 45.0 Å². The molecule has 4 atom stereocenters. The second kappa shape index (κ2) is 8.54. The van der Waals surface area contributed by atoms with Crippen molar-refractivity contribution in [3.63, 3.8) is 0 Å². The van der Waals surface area contributed by atoms with Crippen LogP contribution in [-0.2, 0) is 14.9 Å². The summed E-state index contributed by atoms with van der Waals surface area (Å²) in [5.74, 6) is -0.237. The van der Waals surface area contributed by atoms with Gasteiger partial charge in [0.15, 0.2) is 12.1 Å². The second-order valence-electron chi connectivity index (χ2n) is 10.0. The highest BCUT2D eigenvalue weighted by Gasteiger charge is 2.56. The number of fused-ring (bicyclic) bond motifs is 3. The summed E-state index contributed by atoms with van der Waals surface area (Å²) in [6, 6.07) is 2.30. The molecule has 2 bridgehead atoms. The molecule has 0 radical (unpaired) electrons. The van der Waals surface area contributed by atoms with Crippen molar-refractivity contribution in [1.29, 1.82) is 0 Å². The van der Waals surface area contributed by atoms with E-state index in [9.17, 15) is 13.9 Å². The zero-order valence-corrected chi connectivity index (χ0v) is 20.3. The molecule has 2 saturated heterocycles. The Morgan fingerprint density at radius 2 is 2.03 bits per heavy atom. The van der Waals surface area contributed by atoms with Gasteiger partial charge in [-0.05, 0) is 45.2 Å². The fraction of sp³-hybridized carbons (Fsp3) is 0.542. The third kappa shape index (κ3) is 3.75.